The molecule has 74 valence electrons. The highest BCUT2D eigenvalue weighted by atomic mass is 31.2. The van der Waals surface area contributed by atoms with Crippen molar-refractivity contribution in [1.82, 2.24) is 0 Å². The van der Waals surface area contributed by atoms with Crippen LogP contribution in [0.5, 0.6) is 0 Å². The summed E-state index contributed by atoms with van der Waals surface area (Å²) in [5.41, 5.74) is 0. The van der Waals surface area contributed by atoms with Gasteiger partial charge in [0.25, 0.3) is 0 Å². The summed E-state index contributed by atoms with van der Waals surface area (Å²) in [7, 11) is -0.420. The summed E-state index contributed by atoms with van der Waals surface area (Å²) in [6, 6.07) is 0. The molecule has 0 spiro atoms. The van der Waals surface area contributed by atoms with Crippen LogP contribution in [-0.4, -0.2) is 31.1 Å². The zero-order valence-electron chi connectivity index (χ0n) is 8.67. The van der Waals surface area contributed by atoms with Crippen LogP contribution in [0.1, 0.15) is 27.7 Å². The lowest BCUT2D eigenvalue weighted by Crippen LogP contribution is -2.04. The molecule has 0 bridgehead atoms. The number of carbonyl (C=O) groups is 1. The first-order valence-electron chi connectivity index (χ1n) is 4.56. The van der Waals surface area contributed by atoms with Gasteiger partial charge in [0, 0.05) is 13.7 Å². The first-order valence-corrected chi connectivity index (χ1v) is 7.09. The molecule has 0 saturated heterocycles. The van der Waals surface area contributed by atoms with Crippen molar-refractivity contribution in [1.29, 1.82) is 0 Å². The molecule has 0 saturated carbocycles. The Balaban J connectivity index is 0. The minimum absolute atomic E-state index is 0.420. The van der Waals surface area contributed by atoms with Crippen molar-refractivity contribution in [2.24, 2.45) is 0 Å². The van der Waals surface area contributed by atoms with Gasteiger partial charge >= 0.3 is 0 Å². The van der Waals surface area contributed by atoms with Crippen LogP contribution in [0.2, 0.25) is 0 Å². The zero-order chi connectivity index (χ0) is 10.0. The smallest absolute Gasteiger partial charge is 0.0565 e. The lowest BCUT2D eigenvalue weighted by Gasteiger charge is -2.20. The predicted molar refractivity (Wildman–Crippen MR) is 55.1 cm³/mol. The molecular weight excluding hydrogens is 171 g/mol. The molecule has 0 atom stereocenters. The Morgan fingerprint density at radius 1 is 1.00 bits per heavy atom. The summed E-state index contributed by atoms with van der Waals surface area (Å²) >= 11 is 0. The maximum absolute atomic E-state index is 8.25. The Hall–Kier alpha value is -0.100. The fraction of sp³-hybridized carbons (Fsp3) is 0.889. The molecule has 0 fully saturated rings. The molecular formula is C9H21O2P. The zero-order valence-corrected chi connectivity index (χ0v) is 9.56. The van der Waals surface area contributed by atoms with E-state index in [4.69, 9.17) is 9.90 Å². The first kappa shape index (κ1) is 14.4. The largest absolute Gasteiger partial charge is 0.554 e. The average Bonchev–Trinajstić information content (AvgIpc) is 2.11. The monoisotopic (exact) mass is 192 g/mol. The van der Waals surface area contributed by atoms with E-state index in [-0.39, 0.29) is 0 Å². The van der Waals surface area contributed by atoms with Gasteiger partial charge in [-0.05, 0) is 27.7 Å². The Bertz CT molecular complexity index is 83.2. The van der Waals surface area contributed by atoms with Crippen molar-refractivity contribution in [2.75, 3.05) is 24.6 Å². The van der Waals surface area contributed by atoms with Crippen LogP contribution >= 0.6 is 7.26 Å². The molecule has 12 heavy (non-hydrogen) atoms. The van der Waals surface area contributed by atoms with E-state index in [0.717, 1.165) is 0 Å². The van der Waals surface area contributed by atoms with Crippen LogP contribution in [-0.2, 0) is 4.79 Å². The van der Waals surface area contributed by atoms with Crippen LogP contribution in [0.4, 0.5) is 0 Å². The topological polar surface area (TPSA) is 40.1 Å². The van der Waals surface area contributed by atoms with Crippen molar-refractivity contribution < 1.29 is 9.90 Å². The van der Waals surface area contributed by atoms with Crippen LogP contribution in [0, 0.1) is 0 Å². The molecule has 0 aliphatic rings. The van der Waals surface area contributed by atoms with Gasteiger partial charge in [0.05, 0.1) is 24.6 Å². The van der Waals surface area contributed by atoms with Crippen LogP contribution < -0.4 is 5.11 Å². The Kier molecular flexibility index (Phi) is 10.8. The van der Waals surface area contributed by atoms with Crippen LogP contribution in [0.3, 0.4) is 0 Å². The van der Waals surface area contributed by atoms with E-state index in [1.54, 1.807) is 0 Å². The van der Waals surface area contributed by atoms with Gasteiger partial charge in [-0.25, -0.2) is 0 Å². The highest BCUT2D eigenvalue weighted by Crippen LogP contribution is 2.57. The average molecular weight is 192 g/mol. The van der Waals surface area contributed by atoms with Gasteiger partial charge in [0.1, 0.15) is 0 Å². The van der Waals surface area contributed by atoms with E-state index in [1.807, 2.05) is 0 Å². The summed E-state index contributed by atoms with van der Waals surface area (Å²) in [5, 5.41) is 8.25. The maximum Gasteiger partial charge on any atom is 0.0565 e. The van der Waals surface area contributed by atoms with Crippen molar-refractivity contribution in [3.63, 3.8) is 0 Å². The molecule has 0 aromatic heterocycles. The molecule has 0 radical (unpaired) electrons. The van der Waals surface area contributed by atoms with Crippen molar-refractivity contribution in [3.05, 3.63) is 0 Å². The summed E-state index contributed by atoms with van der Waals surface area (Å²) in [6.45, 7) is 8.91. The van der Waals surface area contributed by atoms with E-state index < -0.39 is 13.7 Å². The van der Waals surface area contributed by atoms with Crippen LogP contribution in [0.25, 0.3) is 0 Å². The summed E-state index contributed by atoms with van der Waals surface area (Å²) in [5.74, 6) is 0. The first-order chi connectivity index (χ1) is 5.66. The molecule has 0 aliphatic heterocycles. The number of carbonyl (C=O) groups excluding carboxylic acids is 1. The molecule has 0 unspecified atom stereocenters. The second kappa shape index (κ2) is 8.99. The van der Waals surface area contributed by atoms with Gasteiger partial charge in [0.2, 0.25) is 0 Å². The van der Waals surface area contributed by atoms with Gasteiger partial charge < -0.3 is 9.90 Å². The SMILES string of the molecule is CC[P+](CC)(CC)CC.O=C[O-]. The molecule has 0 aromatic rings. The molecule has 0 aromatic carbocycles. The van der Waals surface area contributed by atoms with Crippen molar-refractivity contribution in [3.8, 4) is 0 Å². The normalized spacial score (nSPS) is 10.0. The fourth-order valence-corrected chi connectivity index (χ4v) is 4.02. The fourth-order valence-electron chi connectivity index (χ4n) is 1.34. The molecule has 0 amide bonds. The Morgan fingerprint density at radius 2 is 1.17 bits per heavy atom. The van der Waals surface area contributed by atoms with E-state index in [1.165, 1.54) is 24.6 Å². The highest BCUT2D eigenvalue weighted by molar-refractivity contribution is 7.75. The Labute approximate surface area is 76.7 Å². The third kappa shape index (κ3) is 5.54. The number of hydrogen-bond donors (Lipinski definition) is 0. The summed E-state index contributed by atoms with van der Waals surface area (Å²) in [6.07, 6.45) is 5.82. The Morgan fingerprint density at radius 3 is 1.17 bits per heavy atom. The number of hydrogen-bond acceptors (Lipinski definition) is 2. The standard InChI is InChI=1S/C8H20P.CH2O2/c1-5-9(6-2,7-3)8-4;2-1-3/h5-8H2,1-4H3;1H,(H,2,3)/q+1;/p-1. The predicted octanol–water partition coefficient (Wildman–Crippen LogP) is 1.45. The van der Waals surface area contributed by atoms with Gasteiger partial charge in [-0.3, -0.25) is 0 Å². The van der Waals surface area contributed by atoms with Crippen LogP contribution in [0.15, 0.2) is 0 Å². The quantitative estimate of drug-likeness (QED) is 0.499. The summed E-state index contributed by atoms with van der Waals surface area (Å²) in [4.78, 5) is 8.25. The van der Waals surface area contributed by atoms with Crippen molar-refractivity contribution >= 4 is 13.7 Å². The second-order valence-corrected chi connectivity index (χ2v) is 7.92. The molecule has 2 nitrogen and oxygen atoms in total. The van der Waals surface area contributed by atoms with E-state index in [0.29, 0.717) is 0 Å². The highest BCUT2D eigenvalue weighted by Gasteiger charge is 2.27. The van der Waals surface area contributed by atoms with Gasteiger partial charge in [0.15, 0.2) is 0 Å². The third-order valence-electron chi connectivity index (χ3n) is 2.68. The van der Waals surface area contributed by atoms with E-state index in [9.17, 15) is 0 Å². The molecule has 3 heteroatoms. The van der Waals surface area contributed by atoms with Gasteiger partial charge in [-0.1, -0.05) is 0 Å². The van der Waals surface area contributed by atoms with Gasteiger partial charge in [-0.15, -0.1) is 0 Å². The minimum Gasteiger partial charge on any atom is -0.554 e. The molecule has 0 aliphatic carbocycles. The number of rotatable bonds is 4. The number of carboxylic acid groups (broad SMARTS) is 1. The third-order valence-corrected chi connectivity index (χ3v) is 8.05. The van der Waals surface area contributed by atoms with Crippen molar-refractivity contribution in [2.45, 2.75) is 27.7 Å². The summed E-state index contributed by atoms with van der Waals surface area (Å²) < 4.78 is 0. The van der Waals surface area contributed by atoms with E-state index in [2.05, 4.69) is 27.7 Å². The second-order valence-electron chi connectivity index (χ2n) is 2.70. The molecule has 0 heterocycles. The molecule has 0 N–H and O–H groups in total. The van der Waals surface area contributed by atoms with E-state index >= 15 is 0 Å². The van der Waals surface area contributed by atoms with Gasteiger partial charge in [-0.2, -0.15) is 0 Å². The maximum atomic E-state index is 8.25. The minimum atomic E-state index is -0.500. The molecule has 0 rings (SSSR count). The lowest BCUT2D eigenvalue weighted by atomic mass is 10.9. The lowest BCUT2D eigenvalue weighted by molar-refractivity contribution is -0.283.